The van der Waals surface area contributed by atoms with Crippen LogP contribution in [0.1, 0.15) is 43.9 Å². The Morgan fingerprint density at radius 2 is 2.07 bits per heavy atom. The third-order valence-corrected chi connectivity index (χ3v) is 6.86. The van der Waals surface area contributed by atoms with Crippen LogP contribution in [0.2, 0.25) is 0 Å². The van der Waals surface area contributed by atoms with E-state index in [-0.39, 0.29) is 11.3 Å². The molecule has 30 heavy (non-hydrogen) atoms. The third-order valence-electron chi connectivity index (χ3n) is 6.86. The molecular weight excluding hydrogens is 381 g/mol. The number of piperazine rings is 1. The summed E-state index contributed by atoms with van der Waals surface area (Å²) < 4.78 is 14.6. The highest BCUT2D eigenvalue weighted by Gasteiger charge is 2.42. The maximum Gasteiger partial charge on any atom is 0.156 e. The van der Waals surface area contributed by atoms with Crippen LogP contribution in [0.25, 0.3) is 22.3 Å². The summed E-state index contributed by atoms with van der Waals surface area (Å²) in [5, 5.41) is 21.7. The monoisotopic (exact) mass is 409 g/mol. The number of aromatic nitrogens is 3. The third kappa shape index (κ3) is 3.26. The second kappa shape index (κ2) is 7.32. The van der Waals surface area contributed by atoms with Crippen molar-refractivity contribution in [2.75, 3.05) is 13.1 Å². The molecule has 2 aliphatic rings. The molecule has 3 N–H and O–H groups in total. The van der Waals surface area contributed by atoms with Crippen LogP contribution >= 0.6 is 0 Å². The Balaban J connectivity index is 1.60. The SMILES string of the molecule is Cc1n[nH]c2nc(-c3ccc(O)cc3F)cc(CN3C[C@@H](C)NCC34CCCC4)c12. The number of hydrogen-bond donors (Lipinski definition) is 3. The number of nitrogens with zero attached hydrogens (tertiary/aromatic N) is 3. The molecule has 2 fully saturated rings. The molecule has 2 aromatic heterocycles. The Hall–Kier alpha value is -2.51. The van der Waals surface area contributed by atoms with Gasteiger partial charge in [0, 0.05) is 48.2 Å². The summed E-state index contributed by atoms with van der Waals surface area (Å²) in [6, 6.07) is 6.64. The van der Waals surface area contributed by atoms with Crippen molar-refractivity contribution in [3.8, 4) is 17.0 Å². The average Bonchev–Trinajstić information content (AvgIpc) is 3.33. The van der Waals surface area contributed by atoms with E-state index in [0.29, 0.717) is 22.9 Å². The number of pyridine rings is 1. The van der Waals surface area contributed by atoms with E-state index in [1.807, 2.05) is 13.0 Å². The molecule has 3 heterocycles. The van der Waals surface area contributed by atoms with Crippen LogP contribution in [0.5, 0.6) is 5.75 Å². The van der Waals surface area contributed by atoms with Crippen molar-refractivity contribution in [1.29, 1.82) is 0 Å². The van der Waals surface area contributed by atoms with E-state index in [9.17, 15) is 9.50 Å². The number of phenols is 1. The topological polar surface area (TPSA) is 77.1 Å². The van der Waals surface area contributed by atoms with E-state index in [1.165, 1.54) is 31.7 Å². The number of benzene rings is 1. The predicted octanol–water partition coefficient (Wildman–Crippen LogP) is 3.88. The molecule has 1 aliphatic heterocycles. The maximum absolute atomic E-state index is 14.6. The molecular formula is C23H28FN5O. The van der Waals surface area contributed by atoms with E-state index in [4.69, 9.17) is 0 Å². The first-order valence-electron chi connectivity index (χ1n) is 10.8. The Morgan fingerprint density at radius 3 is 2.83 bits per heavy atom. The van der Waals surface area contributed by atoms with Gasteiger partial charge in [-0.3, -0.25) is 10.00 Å². The van der Waals surface area contributed by atoms with Crippen molar-refractivity contribution in [1.82, 2.24) is 25.4 Å². The minimum atomic E-state index is -0.480. The number of aryl methyl sites for hydroxylation is 1. The van der Waals surface area contributed by atoms with Gasteiger partial charge in [-0.1, -0.05) is 12.8 Å². The largest absolute Gasteiger partial charge is 0.508 e. The Bertz CT molecular complexity index is 1090. The Kier molecular flexibility index (Phi) is 4.75. The van der Waals surface area contributed by atoms with Gasteiger partial charge in [0.15, 0.2) is 5.65 Å². The molecule has 1 saturated carbocycles. The smallest absolute Gasteiger partial charge is 0.156 e. The molecule has 1 saturated heterocycles. The molecule has 0 unspecified atom stereocenters. The number of halogens is 1. The number of rotatable bonds is 3. The summed E-state index contributed by atoms with van der Waals surface area (Å²) in [5.74, 6) is -0.569. The second-order valence-electron chi connectivity index (χ2n) is 8.96. The van der Waals surface area contributed by atoms with E-state index in [0.717, 1.165) is 42.3 Å². The van der Waals surface area contributed by atoms with Crippen LogP contribution in [-0.2, 0) is 6.54 Å². The van der Waals surface area contributed by atoms with Gasteiger partial charge in [0.2, 0.25) is 0 Å². The maximum atomic E-state index is 14.6. The normalized spacial score (nSPS) is 21.6. The number of phenolic OH excluding ortho intramolecular Hbond substituents is 1. The first-order chi connectivity index (χ1) is 14.4. The summed E-state index contributed by atoms with van der Waals surface area (Å²) in [7, 11) is 0. The zero-order chi connectivity index (χ0) is 20.9. The fourth-order valence-corrected chi connectivity index (χ4v) is 5.28. The minimum absolute atomic E-state index is 0.0899. The van der Waals surface area contributed by atoms with Crippen LogP contribution in [0.4, 0.5) is 4.39 Å². The summed E-state index contributed by atoms with van der Waals surface area (Å²) in [5.41, 5.74) is 3.85. The molecule has 158 valence electrons. The standard InChI is InChI=1S/C23H28FN5O/c1-14-11-29(23(13-25-14)7-3-4-8-23)12-16-9-20(18-6-5-17(30)10-19(18)24)26-22-21(16)15(2)27-28-22/h5-6,9-10,14,25,30H,3-4,7-8,11-13H2,1-2H3,(H,26,27,28)/t14-/m1/s1. The highest BCUT2D eigenvalue weighted by Crippen LogP contribution is 2.39. The van der Waals surface area contributed by atoms with Crippen molar-refractivity contribution in [2.45, 2.75) is 57.7 Å². The van der Waals surface area contributed by atoms with Gasteiger partial charge in [-0.05, 0) is 50.5 Å². The number of aromatic amines is 1. The van der Waals surface area contributed by atoms with E-state index in [2.05, 4.69) is 32.3 Å². The first-order valence-corrected chi connectivity index (χ1v) is 10.8. The zero-order valence-corrected chi connectivity index (χ0v) is 17.5. The van der Waals surface area contributed by atoms with Crippen LogP contribution < -0.4 is 5.32 Å². The van der Waals surface area contributed by atoms with Gasteiger partial charge in [0.25, 0.3) is 0 Å². The predicted molar refractivity (Wildman–Crippen MR) is 115 cm³/mol. The molecule has 0 radical (unpaired) electrons. The number of aromatic hydroxyl groups is 1. The molecule has 0 bridgehead atoms. The van der Waals surface area contributed by atoms with Gasteiger partial charge >= 0.3 is 0 Å². The molecule has 1 spiro atoms. The van der Waals surface area contributed by atoms with Gasteiger partial charge < -0.3 is 10.4 Å². The van der Waals surface area contributed by atoms with Gasteiger partial charge in [-0.15, -0.1) is 0 Å². The minimum Gasteiger partial charge on any atom is -0.508 e. The van der Waals surface area contributed by atoms with Crippen molar-refractivity contribution in [3.05, 3.63) is 41.3 Å². The molecule has 6 nitrogen and oxygen atoms in total. The highest BCUT2D eigenvalue weighted by atomic mass is 19.1. The number of H-pyrrole nitrogens is 1. The van der Waals surface area contributed by atoms with Gasteiger partial charge in [0.05, 0.1) is 11.4 Å². The van der Waals surface area contributed by atoms with E-state index >= 15 is 0 Å². The number of hydrogen-bond acceptors (Lipinski definition) is 5. The van der Waals surface area contributed by atoms with Gasteiger partial charge in [-0.25, -0.2) is 9.37 Å². The van der Waals surface area contributed by atoms with Crippen molar-refractivity contribution in [2.24, 2.45) is 0 Å². The van der Waals surface area contributed by atoms with Crippen molar-refractivity contribution >= 4 is 11.0 Å². The van der Waals surface area contributed by atoms with Gasteiger partial charge in [-0.2, -0.15) is 5.10 Å². The average molecular weight is 410 g/mol. The van der Waals surface area contributed by atoms with Crippen LogP contribution in [0.3, 0.4) is 0 Å². The Morgan fingerprint density at radius 1 is 1.27 bits per heavy atom. The molecule has 1 aliphatic carbocycles. The summed E-state index contributed by atoms with van der Waals surface area (Å²) in [6.07, 6.45) is 4.97. The highest BCUT2D eigenvalue weighted by molar-refractivity contribution is 5.84. The van der Waals surface area contributed by atoms with E-state index < -0.39 is 5.82 Å². The van der Waals surface area contributed by atoms with Gasteiger partial charge in [0.1, 0.15) is 11.6 Å². The molecule has 5 rings (SSSR count). The number of fused-ring (bicyclic) bond motifs is 1. The fourth-order valence-electron chi connectivity index (χ4n) is 5.28. The fraction of sp³-hybridized carbons (Fsp3) is 0.478. The molecule has 1 atom stereocenters. The quantitative estimate of drug-likeness (QED) is 0.612. The summed E-state index contributed by atoms with van der Waals surface area (Å²) in [4.78, 5) is 7.27. The summed E-state index contributed by atoms with van der Waals surface area (Å²) in [6.45, 7) is 7.02. The second-order valence-corrected chi connectivity index (χ2v) is 8.96. The Labute approximate surface area is 175 Å². The summed E-state index contributed by atoms with van der Waals surface area (Å²) >= 11 is 0. The van der Waals surface area contributed by atoms with E-state index in [1.54, 1.807) is 6.07 Å². The lowest BCUT2D eigenvalue weighted by Gasteiger charge is -2.48. The molecule has 7 heteroatoms. The van der Waals surface area contributed by atoms with Crippen molar-refractivity contribution in [3.63, 3.8) is 0 Å². The lowest BCUT2D eigenvalue weighted by molar-refractivity contribution is 0.0396. The van der Waals surface area contributed by atoms with Crippen LogP contribution in [-0.4, -0.2) is 49.9 Å². The first kappa shape index (κ1) is 19.5. The number of nitrogens with one attached hydrogen (secondary N) is 2. The van der Waals surface area contributed by atoms with Crippen LogP contribution in [0, 0.1) is 12.7 Å². The molecule has 3 aromatic rings. The zero-order valence-electron chi connectivity index (χ0n) is 17.5. The van der Waals surface area contributed by atoms with Crippen molar-refractivity contribution < 1.29 is 9.50 Å². The van der Waals surface area contributed by atoms with Crippen LogP contribution in [0.15, 0.2) is 24.3 Å². The lowest BCUT2D eigenvalue weighted by atomic mass is 9.90. The lowest BCUT2D eigenvalue weighted by Crippen LogP contribution is -2.62. The molecule has 1 aromatic carbocycles. The molecule has 0 amide bonds.